The molecule has 94 valence electrons. The van der Waals surface area contributed by atoms with Gasteiger partial charge in [0.1, 0.15) is 11.8 Å². The van der Waals surface area contributed by atoms with Gasteiger partial charge in [-0.3, -0.25) is 4.90 Å². The summed E-state index contributed by atoms with van der Waals surface area (Å²) in [5.41, 5.74) is 0.864. The van der Waals surface area contributed by atoms with E-state index in [2.05, 4.69) is 35.2 Å². The first kappa shape index (κ1) is 11.7. The van der Waals surface area contributed by atoms with E-state index in [0.717, 1.165) is 19.3 Å². The van der Waals surface area contributed by atoms with Crippen LogP contribution >= 0.6 is 0 Å². The van der Waals surface area contributed by atoms with Crippen molar-refractivity contribution in [1.29, 1.82) is 5.26 Å². The molecule has 2 saturated heterocycles. The van der Waals surface area contributed by atoms with Gasteiger partial charge in [0.25, 0.3) is 0 Å². The van der Waals surface area contributed by atoms with E-state index < -0.39 is 0 Å². The topological polar surface area (TPSA) is 36.3 Å². The molecular formula is C15H18N2O. The number of ether oxygens (including phenoxy) is 1. The lowest BCUT2D eigenvalue weighted by Gasteiger charge is -2.43. The molecule has 0 saturated carbocycles. The Labute approximate surface area is 108 Å². The van der Waals surface area contributed by atoms with Crippen molar-refractivity contribution < 1.29 is 4.74 Å². The third kappa shape index (κ3) is 1.73. The van der Waals surface area contributed by atoms with Crippen LogP contribution in [0, 0.1) is 11.3 Å². The van der Waals surface area contributed by atoms with Crippen molar-refractivity contribution in [2.75, 3.05) is 6.61 Å². The van der Waals surface area contributed by atoms with Gasteiger partial charge in [-0.2, -0.15) is 5.26 Å². The zero-order valence-electron chi connectivity index (χ0n) is 10.7. The van der Waals surface area contributed by atoms with Crippen LogP contribution in [-0.4, -0.2) is 23.3 Å². The molecule has 0 amide bonds. The van der Waals surface area contributed by atoms with E-state index in [9.17, 15) is 5.26 Å². The summed E-state index contributed by atoms with van der Waals surface area (Å²) in [6.07, 6.45) is 3.17. The largest absolute Gasteiger partial charge is 0.361 e. The van der Waals surface area contributed by atoms with Gasteiger partial charge in [-0.15, -0.1) is 0 Å². The average molecular weight is 242 g/mol. The molecule has 0 bridgehead atoms. The number of rotatable bonds is 1. The first-order valence-corrected chi connectivity index (χ1v) is 6.61. The highest BCUT2D eigenvalue weighted by Crippen LogP contribution is 2.43. The van der Waals surface area contributed by atoms with E-state index in [1.165, 1.54) is 5.56 Å². The Bertz CT molecular complexity index is 467. The summed E-state index contributed by atoms with van der Waals surface area (Å²) in [5.74, 6) is 0. The van der Waals surface area contributed by atoms with Crippen LogP contribution in [-0.2, 0) is 4.74 Å². The second-order valence-corrected chi connectivity index (χ2v) is 5.40. The molecule has 18 heavy (non-hydrogen) atoms. The minimum Gasteiger partial charge on any atom is -0.361 e. The van der Waals surface area contributed by atoms with Crippen molar-refractivity contribution in [2.24, 2.45) is 0 Å². The Hall–Kier alpha value is -1.37. The maximum absolute atomic E-state index is 9.51. The quantitative estimate of drug-likeness (QED) is 0.759. The molecule has 2 aliphatic rings. The zero-order chi connectivity index (χ0) is 12.6. The predicted octanol–water partition coefficient (Wildman–Crippen LogP) is 2.85. The molecule has 3 rings (SSSR count). The van der Waals surface area contributed by atoms with E-state index in [4.69, 9.17) is 4.74 Å². The summed E-state index contributed by atoms with van der Waals surface area (Å²) in [7, 11) is 0. The predicted molar refractivity (Wildman–Crippen MR) is 68.6 cm³/mol. The summed E-state index contributed by atoms with van der Waals surface area (Å²) in [6, 6.07) is 13.1. The summed E-state index contributed by atoms with van der Waals surface area (Å²) in [4.78, 5) is 2.28. The molecule has 1 unspecified atom stereocenters. The monoisotopic (exact) mass is 242 g/mol. The Balaban J connectivity index is 1.96. The summed E-state index contributed by atoms with van der Waals surface area (Å²) in [6.45, 7) is 2.75. The maximum atomic E-state index is 9.51. The second-order valence-electron chi connectivity index (χ2n) is 5.40. The summed E-state index contributed by atoms with van der Waals surface area (Å²) in [5, 5.41) is 9.51. The van der Waals surface area contributed by atoms with E-state index in [1.54, 1.807) is 0 Å². The molecule has 3 heteroatoms. The summed E-state index contributed by atoms with van der Waals surface area (Å²) < 4.78 is 5.90. The molecule has 1 aromatic rings. The minimum atomic E-state index is -0.389. The molecule has 2 aliphatic heterocycles. The highest BCUT2D eigenvalue weighted by Gasteiger charge is 2.48. The normalized spacial score (nSPS) is 36.0. The van der Waals surface area contributed by atoms with Gasteiger partial charge in [0.2, 0.25) is 0 Å². The van der Waals surface area contributed by atoms with Gasteiger partial charge >= 0.3 is 0 Å². The molecule has 2 heterocycles. The molecule has 0 radical (unpaired) electrons. The van der Waals surface area contributed by atoms with Gasteiger partial charge in [-0.1, -0.05) is 30.3 Å². The Morgan fingerprint density at radius 1 is 1.39 bits per heavy atom. The van der Waals surface area contributed by atoms with Gasteiger partial charge < -0.3 is 4.74 Å². The molecule has 0 spiro atoms. The standard InChI is InChI=1S/C15H18N2O/c1-15(11-16)9-5-8-14-17(15)13(10-18-14)12-6-3-2-4-7-12/h2-4,6-7,13-14H,5,8-10H2,1H3/t13-,14?,15-/m0/s1. The van der Waals surface area contributed by atoms with E-state index >= 15 is 0 Å². The van der Waals surface area contributed by atoms with E-state index in [0.29, 0.717) is 6.61 Å². The fraction of sp³-hybridized carbons (Fsp3) is 0.533. The first-order chi connectivity index (χ1) is 8.74. The van der Waals surface area contributed by atoms with Crippen LogP contribution in [0.15, 0.2) is 30.3 Å². The highest BCUT2D eigenvalue weighted by molar-refractivity contribution is 5.23. The molecule has 3 nitrogen and oxygen atoms in total. The van der Waals surface area contributed by atoms with Gasteiger partial charge in [0.15, 0.2) is 0 Å². The second kappa shape index (κ2) is 4.38. The molecule has 1 aromatic carbocycles. The Morgan fingerprint density at radius 3 is 2.89 bits per heavy atom. The van der Waals surface area contributed by atoms with Gasteiger partial charge in [-0.25, -0.2) is 0 Å². The lowest BCUT2D eigenvalue weighted by atomic mass is 9.87. The van der Waals surface area contributed by atoms with Crippen LogP contribution in [0.25, 0.3) is 0 Å². The lowest BCUT2D eigenvalue weighted by molar-refractivity contribution is -0.0452. The van der Waals surface area contributed by atoms with Gasteiger partial charge in [0.05, 0.1) is 18.7 Å². The average Bonchev–Trinajstić information content (AvgIpc) is 2.85. The van der Waals surface area contributed by atoms with Crippen molar-refractivity contribution in [1.82, 2.24) is 4.90 Å². The number of nitrogens with zero attached hydrogens (tertiary/aromatic N) is 2. The Kier molecular flexibility index (Phi) is 2.85. The van der Waals surface area contributed by atoms with Crippen LogP contribution in [0.2, 0.25) is 0 Å². The van der Waals surface area contributed by atoms with Crippen LogP contribution in [0.4, 0.5) is 0 Å². The van der Waals surface area contributed by atoms with Crippen LogP contribution in [0.3, 0.4) is 0 Å². The van der Waals surface area contributed by atoms with Crippen molar-refractivity contribution >= 4 is 0 Å². The lowest BCUT2D eigenvalue weighted by Crippen LogP contribution is -2.52. The SMILES string of the molecule is C[C@@]1(C#N)CCCC2OC[C@@H](c3ccccc3)N21. The smallest absolute Gasteiger partial charge is 0.112 e. The van der Waals surface area contributed by atoms with Gasteiger partial charge in [-0.05, 0) is 31.7 Å². The minimum absolute atomic E-state index is 0.119. The molecule has 3 atom stereocenters. The first-order valence-electron chi connectivity index (χ1n) is 6.61. The molecular weight excluding hydrogens is 224 g/mol. The maximum Gasteiger partial charge on any atom is 0.112 e. The fourth-order valence-electron chi connectivity index (χ4n) is 3.24. The summed E-state index contributed by atoms with van der Waals surface area (Å²) >= 11 is 0. The molecule has 2 fully saturated rings. The fourth-order valence-corrected chi connectivity index (χ4v) is 3.24. The van der Waals surface area contributed by atoms with E-state index in [1.807, 2.05) is 13.0 Å². The van der Waals surface area contributed by atoms with E-state index in [-0.39, 0.29) is 17.8 Å². The number of hydrogen-bond acceptors (Lipinski definition) is 3. The zero-order valence-corrected chi connectivity index (χ0v) is 10.7. The number of hydrogen-bond donors (Lipinski definition) is 0. The van der Waals surface area contributed by atoms with Crippen molar-refractivity contribution in [2.45, 2.75) is 44.0 Å². The third-order valence-electron chi connectivity index (χ3n) is 4.20. The molecule has 0 N–H and O–H groups in total. The van der Waals surface area contributed by atoms with Crippen LogP contribution in [0.1, 0.15) is 37.8 Å². The van der Waals surface area contributed by atoms with Crippen molar-refractivity contribution in [3.05, 3.63) is 35.9 Å². The van der Waals surface area contributed by atoms with Gasteiger partial charge in [0, 0.05) is 0 Å². The number of piperidine rings is 1. The number of fused-ring (bicyclic) bond motifs is 1. The van der Waals surface area contributed by atoms with Crippen molar-refractivity contribution in [3.63, 3.8) is 0 Å². The number of nitriles is 1. The Morgan fingerprint density at radius 2 is 2.17 bits per heavy atom. The third-order valence-corrected chi connectivity index (χ3v) is 4.20. The van der Waals surface area contributed by atoms with Crippen LogP contribution < -0.4 is 0 Å². The van der Waals surface area contributed by atoms with Crippen LogP contribution in [0.5, 0.6) is 0 Å². The molecule has 0 aromatic heterocycles. The number of benzene rings is 1. The molecule has 0 aliphatic carbocycles. The highest BCUT2D eigenvalue weighted by atomic mass is 16.5. The van der Waals surface area contributed by atoms with Crippen molar-refractivity contribution in [3.8, 4) is 6.07 Å².